The normalized spacial score (nSPS) is 11.7. The lowest BCUT2D eigenvalue weighted by molar-refractivity contribution is -0.118. The van der Waals surface area contributed by atoms with E-state index in [1.807, 2.05) is 73.1 Å². The van der Waals surface area contributed by atoms with Crippen molar-refractivity contribution < 1.29 is 9.59 Å². The van der Waals surface area contributed by atoms with Gasteiger partial charge in [0.2, 0.25) is 0 Å². The number of aromatic nitrogens is 2. The van der Waals surface area contributed by atoms with Crippen LogP contribution >= 0.6 is 0 Å². The van der Waals surface area contributed by atoms with E-state index in [1.165, 1.54) is 0 Å². The first kappa shape index (κ1) is 24.1. The standard InChI is InChI=1S/C28H24N6O2/c29-17-23(15-19-3-5-25-21(13-19)7-11-31-25)27(35)33-9-1-2-10-34-28(36)24(18-30)16-20-4-6-26-22(14-20)8-12-32-26/h3-8,11-16,31-32H,1-2,9-10H2,(H,33,35)(H,34,36)/b23-15-,24-16-. The molecule has 36 heavy (non-hydrogen) atoms. The molecular formula is C28H24N6O2. The van der Waals surface area contributed by atoms with Crippen LogP contribution in [0, 0.1) is 22.7 Å². The van der Waals surface area contributed by atoms with Gasteiger partial charge < -0.3 is 20.6 Å². The third kappa shape index (κ3) is 5.88. The summed E-state index contributed by atoms with van der Waals surface area (Å²) in [5.41, 5.74) is 3.56. The smallest absolute Gasteiger partial charge is 0.261 e. The molecule has 0 saturated heterocycles. The van der Waals surface area contributed by atoms with Crippen molar-refractivity contribution in [3.05, 3.63) is 83.2 Å². The first-order valence-electron chi connectivity index (χ1n) is 11.5. The molecule has 0 unspecified atom stereocenters. The Morgan fingerprint density at radius 3 is 1.58 bits per heavy atom. The molecule has 2 aromatic carbocycles. The molecule has 0 aliphatic carbocycles. The quantitative estimate of drug-likeness (QED) is 0.164. The van der Waals surface area contributed by atoms with Gasteiger partial charge in [-0.3, -0.25) is 9.59 Å². The molecule has 178 valence electrons. The fraction of sp³-hybridized carbons (Fsp3) is 0.143. The number of nitriles is 2. The van der Waals surface area contributed by atoms with Crippen LogP contribution in [0.1, 0.15) is 24.0 Å². The van der Waals surface area contributed by atoms with Gasteiger partial charge in [0.25, 0.3) is 11.8 Å². The summed E-state index contributed by atoms with van der Waals surface area (Å²) < 4.78 is 0. The topological polar surface area (TPSA) is 137 Å². The van der Waals surface area contributed by atoms with Crippen LogP contribution in [0.4, 0.5) is 0 Å². The molecule has 8 nitrogen and oxygen atoms in total. The minimum atomic E-state index is -0.440. The third-order valence-corrected chi connectivity index (χ3v) is 5.68. The van der Waals surface area contributed by atoms with Gasteiger partial charge in [0.15, 0.2) is 0 Å². The zero-order valence-corrected chi connectivity index (χ0v) is 19.5. The highest BCUT2D eigenvalue weighted by atomic mass is 16.2. The highest BCUT2D eigenvalue weighted by Gasteiger charge is 2.10. The monoisotopic (exact) mass is 476 g/mol. The molecule has 8 heteroatoms. The first-order valence-corrected chi connectivity index (χ1v) is 11.5. The number of hydrogen-bond acceptors (Lipinski definition) is 4. The van der Waals surface area contributed by atoms with Crippen LogP contribution in [0.25, 0.3) is 34.0 Å². The molecule has 0 atom stereocenters. The SMILES string of the molecule is N#C/C(=C/c1ccc2[nH]ccc2c1)C(=O)NCCCCNC(=O)/C(C#N)=C\c1ccc2[nH]ccc2c1. The number of amides is 2. The second-order valence-corrected chi connectivity index (χ2v) is 8.21. The predicted molar refractivity (Wildman–Crippen MR) is 139 cm³/mol. The summed E-state index contributed by atoms with van der Waals surface area (Å²) in [4.78, 5) is 31.0. The summed E-state index contributed by atoms with van der Waals surface area (Å²) in [6, 6.07) is 19.0. The number of nitrogens with one attached hydrogen (secondary N) is 4. The van der Waals surface area contributed by atoms with E-state index in [4.69, 9.17) is 0 Å². The summed E-state index contributed by atoms with van der Waals surface area (Å²) in [5, 5.41) is 26.3. The van der Waals surface area contributed by atoms with Gasteiger partial charge in [-0.05, 0) is 83.3 Å². The lowest BCUT2D eigenvalue weighted by Gasteiger charge is -2.06. The fourth-order valence-corrected chi connectivity index (χ4v) is 3.80. The number of unbranched alkanes of at least 4 members (excludes halogenated alkanes) is 1. The van der Waals surface area contributed by atoms with E-state index in [0.717, 1.165) is 32.9 Å². The zero-order chi connectivity index (χ0) is 25.3. The zero-order valence-electron chi connectivity index (χ0n) is 19.5. The molecule has 2 amide bonds. The highest BCUT2D eigenvalue weighted by Crippen LogP contribution is 2.17. The molecule has 4 aromatic rings. The van der Waals surface area contributed by atoms with Crippen LogP contribution < -0.4 is 10.6 Å². The van der Waals surface area contributed by atoms with Crippen LogP contribution in [-0.4, -0.2) is 34.9 Å². The van der Waals surface area contributed by atoms with Crippen molar-refractivity contribution in [2.24, 2.45) is 0 Å². The Hall–Kier alpha value is -5.08. The van der Waals surface area contributed by atoms with Crippen molar-refractivity contribution in [1.82, 2.24) is 20.6 Å². The minimum absolute atomic E-state index is 0.0276. The van der Waals surface area contributed by atoms with Gasteiger partial charge in [0.05, 0.1) is 0 Å². The van der Waals surface area contributed by atoms with Crippen molar-refractivity contribution >= 4 is 45.8 Å². The van der Waals surface area contributed by atoms with Crippen LogP contribution in [0.5, 0.6) is 0 Å². The van der Waals surface area contributed by atoms with Crippen LogP contribution in [0.3, 0.4) is 0 Å². The van der Waals surface area contributed by atoms with Gasteiger partial charge in [0.1, 0.15) is 23.3 Å². The maximum Gasteiger partial charge on any atom is 0.261 e. The van der Waals surface area contributed by atoms with Crippen molar-refractivity contribution in [3.63, 3.8) is 0 Å². The van der Waals surface area contributed by atoms with Gasteiger partial charge in [-0.1, -0.05) is 12.1 Å². The van der Waals surface area contributed by atoms with E-state index < -0.39 is 11.8 Å². The Morgan fingerprint density at radius 1 is 0.722 bits per heavy atom. The molecule has 0 fully saturated rings. The van der Waals surface area contributed by atoms with Gasteiger partial charge in [-0.25, -0.2) is 0 Å². The van der Waals surface area contributed by atoms with Crippen LogP contribution in [0.15, 0.2) is 72.1 Å². The fourth-order valence-electron chi connectivity index (χ4n) is 3.80. The molecule has 0 radical (unpaired) electrons. The average molecular weight is 477 g/mol. The second-order valence-electron chi connectivity index (χ2n) is 8.21. The minimum Gasteiger partial charge on any atom is -0.361 e. The molecular weight excluding hydrogens is 452 g/mol. The molecule has 4 N–H and O–H groups in total. The number of nitrogens with zero attached hydrogens (tertiary/aromatic N) is 2. The van der Waals surface area contributed by atoms with Crippen molar-refractivity contribution in [2.75, 3.05) is 13.1 Å². The molecule has 0 bridgehead atoms. The van der Waals surface area contributed by atoms with E-state index in [9.17, 15) is 20.1 Å². The number of fused-ring (bicyclic) bond motifs is 2. The predicted octanol–water partition coefficient (Wildman–Crippen LogP) is 4.18. The molecule has 0 spiro atoms. The summed E-state index contributed by atoms with van der Waals surface area (Å²) >= 11 is 0. The summed E-state index contributed by atoms with van der Waals surface area (Å²) in [7, 11) is 0. The molecule has 4 rings (SSSR count). The Labute approximate surface area is 207 Å². The second kappa shape index (κ2) is 11.4. The largest absolute Gasteiger partial charge is 0.361 e. The lowest BCUT2D eigenvalue weighted by Crippen LogP contribution is -2.28. The number of H-pyrrole nitrogens is 2. The molecule has 2 heterocycles. The first-order chi connectivity index (χ1) is 17.6. The number of rotatable bonds is 9. The molecule has 0 aliphatic rings. The van der Waals surface area contributed by atoms with Crippen LogP contribution in [0.2, 0.25) is 0 Å². The number of carbonyl (C=O) groups is 2. The van der Waals surface area contributed by atoms with E-state index in [0.29, 0.717) is 25.9 Å². The van der Waals surface area contributed by atoms with Gasteiger partial charge >= 0.3 is 0 Å². The van der Waals surface area contributed by atoms with E-state index >= 15 is 0 Å². The Morgan fingerprint density at radius 2 is 1.17 bits per heavy atom. The third-order valence-electron chi connectivity index (χ3n) is 5.68. The summed E-state index contributed by atoms with van der Waals surface area (Å²) in [6.45, 7) is 0.727. The van der Waals surface area contributed by atoms with Crippen molar-refractivity contribution in [2.45, 2.75) is 12.8 Å². The van der Waals surface area contributed by atoms with E-state index in [2.05, 4.69) is 20.6 Å². The van der Waals surface area contributed by atoms with E-state index in [-0.39, 0.29) is 11.1 Å². The highest BCUT2D eigenvalue weighted by molar-refractivity contribution is 6.02. The maximum absolute atomic E-state index is 12.4. The molecule has 2 aromatic heterocycles. The van der Waals surface area contributed by atoms with Crippen LogP contribution in [-0.2, 0) is 9.59 Å². The van der Waals surface area contributed by atoms with Gasteiger partial charge in [0, 0.05) is 36.5 Å². The van der Waals surface area contributed by atoms with Crippen molar-refractivity contribution in [3.8, 4) is 12.1 Å². The number of hydrogen-bond donors (Lipinski definition) is 4. The Balaban J connectivity index is 1.22. The average Bonchev–Trinajstić information content (AvgIpc) is 3.56. The Kier molecular flexibility index (Phi) is 7.60. The van der Waals surface area contributed by atoms with Gasteiger partial charge in [-0.15, -0.1) is 0 Å². The number of carbonyl (C=O) groups excluding carboxylic acids is 2. The Bertz CT molecular complexity index is 1440. The lowest BCUT2D eigenvalue weighted by atomic mass is 10.1. The van der Waals surface area contributed by atoms with Crippen molar-refractivity contribution in [1.29, 1.82) is 10.5 Å². The summed E-state index contributed by atoms with van der Waals surface area (Å²) in [5.74, 6) is -0.880. The molecule has 0 aliphatic heterocycles. The maximum atomic E-state index is 12.4. The van der Waals surface area contributed by atoms with Gasteiger partial charge in [-0.2, -0.15) is 10.5 Å². The molecule has 0 saturated carbocycles. The van der Waals surface area contributed by atoms with E-state index in [1.54, 1.807) is 12.2 Å². The number of aromatic amines is 2. The number of benzene rings is 2. The summed E-state index contributed by atoms with van der Waals surface area (Å²) in [6.07, 6.45) is 8.00.